The minimum Gasteiger partial charge on any atom is -0.454 e. The van der Waals surface area contributed by atoms with Gasteiger partial charge in [-0.25, -0.2) is 8.78 Å². The van der Waals surface area contributed by atoms with Crippen LogP contribution < -0.4 is 10.1 Å². The van der Waals surface area contributed by atoms with Crippen LogP contribution in [0.25, 0.3) is 0 Å². The van der Waals surface area contributed by atoms with E-state index in [2.05, 4.69) is 10.1 Å². The Morgan fingerprint density at radius 1 is 1.31 bits per heavy atom. The molecule has 0 amide bonds. The number of Topliss-reactive ketones (excluding diaryl/α,β-unsaturated/α-hetero) is 1. The van der Waals surface area contributed by atoms with Crippen LogP contribution in [-0.2, 0) is 9.59 Å². The molecule has 1 aliphatic heterocycles. The largest absolute Gasteiger partial charge is 0.454 e. The smallest absolute Gasteiger partial charge is 0.304 e. The quantitative estimate of drug-likeness (QED) is 0.591. The summed E-state index contributed by atoms with van der Waals surface area (Å²) in [4.78, 5) is 23.3. The molecule has 0 aliphatic carbocycles. The lowest BCUT2D eigenvalue weighted by Gasteiger charge is -2.38. The Kier molecular flexibility index (Phi) is 5.49. The number of hydrogen-bond donors (Lipinski definition) is 2. The van der Waals surface area contributed by atoms with E-state index in [1.807, 2.05) is 0 Å². The average Bonchev–Trinajstić information content (AvgIpc) is 2.78. The maximum absolute atomic E-state index is 13.1. The van der Waals surface area contributed by atoms with Crippen molar-refractivity contribution in [3.05, 3.63) is 28.8 Å². The van der Waals surface area contributed by atoms with Gasteiger partial charge in [0.2, 0.25) is 5.78 Å². The molecule has 0 saturated carbocycles. The number of benzene rings is 1. The van der Waals surface area contributed by atoms with Gasteiger partial charge in [0.15, 0.2) is 11.9 Å². The van der Waals surface area contributed by atoms with E-state index in [-0.39, 0.29) is 18.6 Å². The molecule has 5 nitrogen and oxygen atoms in total. The third-order valence-electron chi connectivity index (χ3n) is 5.05. The van der Waals surface area contributed by atoms with Crippen LogP contribution >= 0.6 is 0 Å². The Balaban J connectivity index is 2.48. The number of ether oxygens (including phenoxy) is 1. The summed E-state index contributed by atoms with van der Waals surface area (Å²) in [5.41, 5.74) is -1.38. The molecule has 2 N–H and O–H groups in total. The second-order valence-electron chi connectivity index (χ2n) is 7.08. The highest BCUT2D eigenvalue weighted by Crippen LogP contribution is 2.44. The van der Waals surface area contributed by atoms with Crippen LogP contribution in [0.2, 0.25) is 0 Å². The van der Waals surface area contributed by atoms with Crippen LogP contribution in [0.4, 0.5) is 13.2 Å². The zero-order valence-corrected chi connectivity index (χ0v) is 15.0. The zero-order valence-electron chi connectivity index (χ0n) is 15.0. The molecule has 26 heavy (non-hydrogen) atoms. The van der Waals surface area contributed by atoms with Crippen LogP contribution in [0, 0.1) is 13.8 Å². The van der Waals surface area contributed by atoms with E-state index >= 15 is 0 Å². The second kappa shape index (κ2) is 7.00. The van der Waals surface area contributed by atoms with Gasteiger partial charge in [-0.2, -0.15) is 4.39 Å². The molecule has 3 atom stereocenters. The molecular weight excluding hydrogens is 351 g/mol. The number of aldehydes is 1. The number of hydrogen-bond acceptors (Lipinski definition) is 5. The molecule has 3 unspecified atom stereocenters. The van der Waals surface area contributed by atoms with Gasteiger partial charge in [-0.3, -0.25) is 9.59 Å². The van der Waals surface area contributed by atoms with Crippen molar-refractivity contribution >= 4 is 12.1 Å². The molecule has 1 aliphatic rings. The normalized spacial score (nSPS) is 26.0. The van der Waals surface area contributed by atoms with Gasteiger partial charge in [0.1, 0.15) is 5.75 Å². The molecule has 0 bridgehead atoms. The highest BCUT2D eigenvalue weighted by molar-refractivity contribution is 6.29. The minimum atomic E-state index is -3.27. The van der Waals surface area contributed by atoms with E-state index in [1.54, 1.807) is 27.7 Å². The Morgan fingerprint density at radius 2 is 1.85 bits per heavy atom. The van der Waals surface area contributed by atoms with E-state index in [1.165, 1.54) is 12.1 Å². The highest BCUT2D eigenvalue weighted by Gasteiger charge is 2.59. The number of carbonyl (C=O) groups is 2. The molecule has 1 aromatic rings. The van der Waals surface area contributed by atoms with Crippen LogP contribution in [-0.4, -0.2) is 47.6 Å². The van der Waals surface area contributed by atoms with E-state index in [0.717, 1.165) is 0 Å². The predicted octanol–water partition coefficient (Wildman–Crippen LogP) is 2.21. The highest BCUT2D eigenvalue weighted by atomic mass is 19.3. The Labute approximate surface area is 149 Å². The first-order valence-corrected chi connectivity index (χ1v) is 8.12. The average molecular weight is 373 g/mol. The van der Waals surface area contributed by atoms with Crippen molar-refractivity contribution in [2.24, 2.45) is 0 Å². The third-order valence-corrected chi connectivity index (χ3v) is 5.05. The molecule has 0 spiro atoms. The molecule has 144 valence electrons. The fourth-order valence-corrected chi connectivity index (χ4v) is 3.69. The summed E-state index contributed by atoms with van der Waals surface area (Å²) in [7, 11) is 0. The van der Waals surface area contributed by atoms with Gasteiger partial charge in [0, 0.05) is 18.0 Å². The van der Waals surface area contributed by atoms with Gasteiger partial charge in [0.05, 0.1) is 0 Å². The Morgan fingerprint density at radius 3 is 2.31 bits per heavy atom. The molecule has 0 aromatic heterocycles. The molecule has 2 rings (SSSR count). The maximum Gasteiger partial charge on any atom is 0.304 e. The number of aliphatic hydroxyl groups is 1. The monoisotopic (exact) mass is 373 g/mol. The summed E-state index contributed by atoms with van der Waals surface area (Å²) in [6.45, 7) is 6.75. The number of carbonyl (C=O) groups excluding carboxylic acids is 2. The first kappa shape index (κ1) is 20.4. The van der Waals surface area contributed by atoms with Crippen LogP contribution in [0.3, 0.4) is 0 Å². The number of halogens is 3. The fraction of sp³-hybridized carbons (Fsp3) is 0.556. The van der Waals surface area contributed by atoms with Crippen molar-refractivity contribution < 1.29 is 32.6 Å². The summed E-state index contributed by atoms with van der Waals surface area (Å²) in [5.74, 6) is -1.76. The molecule has 1 aromatic carbocycles. The summed E-state index contributed by atoms with van der Waals surface area (Å²) >= 11 is 0. The molecule has 1 heterocycles. The molecule has 1 fully saturated rings. The standard InChI is InChI=1S/C18H22F3NO4/c1-9-5-11(26-16(21)15(19)20)6-10(2)14(9)12-7-22-17(3,4)18(12,25)13(24)8-23/h5-6,8,12,15-16,22,25H,7H2,1-4H3. The van der Waals surface area contributed by atoms with Crippen molar-refractivity contribution in [1.29, 1.82) is 0 Å². The third kappa shape index (κ3) is 3.23. The lowest BCUT2D eigenvalue weighted by Crippen LogP contribution is -2.59. The van der Waals surface area contributed by atoms with Gasteiger partial charge >= 0.3 is 6.43 Å². The zero-order chi connectivity index (χ0) is 19.9. The molecule has 0 radical (unpaired) electrons. The van der Waals surface area contributed by atoms with Crippen molar-refractivity contribution in [2.45, 2.75) is 57.5 Å². The first-order valence-electron chi connectivity index (χ1n) is 8.12. The van der Waals surface area contributed by atoms with Crippen molar-refractivity contribution in [3.8, 4) is 5.75 Å². The van der Waals surface area contributed by atoms with Crippen molar-refractivity contribution in [3.63, 3.8) is 0 Å². The lowest BCUT2D eigenvalue weighted by molar-refractivity contribution is -0.148. The van der Waals surface area contributed by atoms with E-state index in [9.17, 15) is 27.9 Å². The maximum atomic E-state index is 13.1. The summed E-state index contributed by atoms with van der Waals surface area (Å²) in [6, 6.07) is 2.74. The fourth-order valence-electron chi connectivity index (χ4n) is 3.69. The van der Waals surface area contributed by atoms with E-state index in [4.69, 9.17) is 0 Å². The lowest BCUT2D eigenvalue weighted by atomic mass is 9.70. The molecule has 8 heteroatoms. The topological polar surface area (TPSA) is 75.6 Å². The summed E-state index contributed by atoms with van der Waals surface area (Å²) in [5, 5.41) is 14.1. The Hall–Kier alpha value is -1.93. The van der Waals surface area contributed by atoms with Crippen LogP contribution in [0.5, 0.6) is 5.75 Å². The minimum absolute atomic E-state index is 0.0768. The van der Waals surface area contributed by atoms with Gasteiger partial charge in [0.25, 0.3) is 6.36 Å². The number of nitrogens with one attached hydrogen (secondary N) is 1. The summed E-state index contributed by atoms with van der Waals surface area (Å²) < 4.78 is 42.4. The second-order valence-corrected chi connectivity index (χ2v) is 7.08. The van der Waals surface area contributed by atoms with Crippen molar-refractivity contribution in [1.82, 2.24) is 5.32 Å². The molecular formula is C18H22F3NO4. The van der Waals surface area contributed by atoms with Gasteiger partial charge in [-0.1, -0.05) is 0 Å². The number of ketones is 1. The number of rotatable bonds is 6. The van der Waals surface area contributed by atoms with E-state index in [0.29, 0.717) is 16.7 Å². The molecule has 1 saturated heterocycles. The SMILES string of the molecule is Cc1cc(OC(F)C(F)F)cc(C)c1C1CNC(C)(C)C1(O)C(=O)C=O. The number of aryl methyl sites for hydroxylation is 2. The van der Waals surface area contributed by atoms with Crippen LogP contribution in [0.15, 0.2) is 12.1 Å². The van der Waals surface area contributed by atoms with Gasteiger partial charge in [-0.15, -0.1) is 0 Å². The van der Waals surface area contributed by atoms with Gasteiger partial charge in [-0.05, 0) is 56.5 Å². The van der Waals surface area contributed by atoms with Crippen LogP contribution in [0.1, 0.15) is 36.5 Å². The van der Waals surface area contributed by atoms with E-state index < -0.39 is 35.6 Å². The van der Waals surface area contributed by atoms with Gasteiger partial charge < -0.3 is 15.2 Å². The predicted molar refractivity (Wildman–Crippen MR) is 88.3 cm³/mol. The van der Waals surface area contributed by atoms with Crippen molar-refractivity contribution in [2.75, 3.05) is 6.54 Å². The first-order chi connectivity index (χ1) is 12.0. The summed E-state index contributed by atoms with van der Waals surface area (Å²) in [6.07, 6.45) is -5.93. The Bertz CT molecular complexity index is 699. The number of alkyl halides is 3.